The molecule has 118 valence electrons. The number of rotatable bonds is 5. The van der Waals surface area contributed by atoms with E-state index in [0.29, 0.717) is 6.04 Å². The lowest BCUT2D eigenvalue weighted by atomic mass is 10.0. The van der Waals surface area contributed by atoms with Crippen LogP contribution in [0.2, 0.25) is 0 Å². The van der Waals surface area contributed by atoms with Gasteiger partial charge in [0.25, 0.3) is 0 Å². The van der Waals surface area contributed by atoms with Crippen LogP contribution in [0.5, 0.6) is 5.75 Å². The number of nitrogens with one attached hydrogen (secondary N) is 1. The summed E-state index contributed by atoms with van der Waals surface area (Å²) in [5.74, 6) is 0.863. The quantitative estimate of drug-likeness (QED) is 0.819. The molecule has 0 spiro atoms. The van der Waals surface area contributed by atoms with Crippen LogP contribution in [-0.2, 0) is 0 Å². The normalized spacial score (nSPS) is 18.9. The molecule has 0 saturated heterocycles. The molecular formula is C18H30N2O. The van der Waals surface area contributed by atoms with E-state index in [1.807, 2.05) is 12.1 Å². The Labute approximate surface area is 129 Å². The number of ether oxygens (including phenoxy) is 1. The van der Waals surface area contributed by atoms with Crippen LogP contribution in [0.15, 0.2) is 24.5 Å². The SMILES string of the molecule is c1cncc(OCCNC2CCCCCCCCCC2)c1. The standard InChI is InChI=1S/C18H30N2O/c1-2-4-6-8-11-17(10-7-5-3-1)20-14-15-21-18-12-9-13-19-16-18/h9,12-13,16-17,20H,1-8,10-11,14-15H2. The Kier molecular flexibility index (Phi) is 8.23. The van der Waals surface area contributed by atoms with Gasteiger partial charge in [0.05, 0.1) is 6.20 Å². The van der Waals surface area contributed by atoms with Gasteiger partial charge in [0.2, 0.25) is 0 Å². The van der Waals surface area contributed by atoms with Crippen LogP contribution >= 0.6 is 0 Å². The van der Waals surface area contributed by atoms with Crippen LogP contribution in [-0.4, -0.2) is 24.2 Å². The summed E-state index contributed by atoms with van der Waals surface area (Å²) in [4.78, 5) is 4.06. The molecule has 1 aromatic rings. The summed E-state index contributed by atoms with van der Waals surface area (Å²) in [5.41, 5.74) is 0. The zero-order valence-electron chi connectivity index (χ0n) is 13.2. The van der Waals surface area contributed by atoms with Gasteiger partial charge in [-0.3, -0.25) is 4.98 Å². The maximum atomic E-state index is 5.69. The van der Waals surface area contributed by atoms with Crippen LogP contribution in [0.4, 0.5) is 0 Å². The monoisotopic (exact) mass is 290 g/mol. The van der Waals surface area contributed by atoms with Gasteiger partial charge in [-0.25, -0.2) is 0 Å². The molecule has 0 amide bonds. The minimum atomic E-state index is 0.681. The summed E-state index contributed by atoms with van der Waals surface area (Å²) < 4.78 is 5.69. The summed E-state index contributed by atoms with van der Waals surface area (Å²) >= 11 is 0. The van der Waals surface area contributed by atoms with Gasteiger partial charge < -0.3 is 10.1 Å². The average Bonchev–Trinajstić information content (AvgIpc) is 2.58. The van der Waals surface area contributed by atoms with Crippen molar-refractivity contribution < 1.29 is 4.74 Å². The zero-order chi connectivity index (χ0) is 14.6. The van der Waals surface area contributed by atoms with E-state index >= 15 is 0 Å². The second-order valence-corrected chi connectivity index (χ2v) is 6.09. The van der Waals surface area contributed by atoms with Crippen molar-refractivity contribution in [1.29, 1.82) is 0 Å². The van der Waals surface area contributed by atoms with Gasteiger partial charge in [-0.15, -0.1) is 0 Å². The minimum Gasteiger partial charge on any atom is -0.491 e. The predicted octanol–water partition coefficient (Wildman–Crippen LogP) is 4.33. The van der Waals surface area contributed by atoms with Crippen molar-refractivity contribution in [3.05, 3.63) is 24.5 Å². The zero-order valence-corrected chi connectivity index (χ0v) is 13.2. The van der Waals surface area contributed by atoms with E-state index in [2.05, 4.69) is 10.3 Å². The third kappa shape index (κ3) is 7.47. The highest BCUT2D eigenvalue weighted by Gasteiger charge is 2.08. The second kappa shape index (κ2) is 10.6. The van der Waals surface area contributed by atoms with Crippen LogP contribution in [0.25, 0.3) is 0 Å². The molecule has 0 aliphatic heterocycles. The van der Waals surface area contributed by atoms with Crippen molar-refractivity contribution in [2.45, 2.75) is 70.3 Å². The topological polar surface area (TPSA) is 34.1 Å². The van der Waals surface area contributed by atoms with Crippen LogP contribution < -0.4 is 10.1 Å². The fraction of sp³-hybridized carbons (Fsp3) is 0.722. The maximum absolute atomic E-state index is 5.69. The predicted molar refractivity (Wildman–Crippen MR) is 87.7 cm³/mol. The van der Waals surface area contributed by atoms with Crippen molar-refractivity contribution in [2.75, 3.05) is 13.2 Å². The van der Waals surface area contributed by atoms with Gasteiger partial charge in [0.1, 0.15) is 12.4 Å². The molecule has 3 heteroatoms. The van der Waals surface area contributed by atoms with Crippen LogP contribution in [0.1, 0.15) is 64.2 Å². The summed E-state index contributed by atoms with van der Waals surface area (Å²) in [6, 6.07) is 4.55. The van der Waals surface area contributed by atoms with Crippen molar-refractivity contribution in [3.8, 4) is 5.75 Å². The smallest absolute Gasteiger partial charge is 0.137 e. The molecular weight excluding hydrogens is 260 g/mol. The van der Waals surface area contributed by atoms with E-state index in [-0.39, 0.29) is 0 Å². The van der Waals surface area contributed by atoms with Crippen molar-refractivity contribution in [2.24, 2.45) is 0 Å². The molecule has 1 aliphatic carbocycles. The van der Waals surface area contributed by atoms with Gasteiger partial charge in [-0.2, -0.15) is 0 Å². The van der Waals surface area contributed by atoms with Crippen LogP contribution in [0, 0.1) is 0 Å². The van der Waals surface area contributed by atoms with E-state index in [1.165, 1.54) is 64.2 Å². The Bertz CT molecular complexity index is 343. The summed E-state index contributed by atoms with van der Waals surface area (Å²) in [6.07, 6.45) is 17.5. The molecule has 0 aromatic carbocycles. The van der Waals surface area contributed by atoms with E-state index in [1.54, 1.807) is 12.4 Å². The number of hydrogen-bond donors (Lipinski definition) is 1. The first-order valence-corrected chi connectivity index (χ1v) is 8.71. The molecule has 0 bridgehead atoms. The maximum Gasteiger partial charge on any atom is 0.137 e. The molecule has 1 aromatic heterocycles. The summed E-state index contributed by atoms with van der Waals surface area (Å²) in [6.45, 7) is 1.65. The molecule has 0 atom stereocenters. The number of pyridine rings is 1. The summed E-state index contributed by atoms with van der Waals surface area (Å²) in [7, 11) is 0. The number of hydrogen-bond acceptors (Lipinski definition) is 3. The fourth-order valence-electron chi connectivity index (χ4n) is 3.05. The van der Waals surface area contributed by atoms with Crippen molar-refractivity contribution >= 4 is 0 Å². The Morgan fingerprint density at radius 1 is 1.00 bits per heavy atom. The molecule has 1 N–H and O–H groups in total. The number of nitrogens with zero attached hydrogens (tertiary/aromatic N) is 1. The first kappa shape index (κ1) is 16.3. The lowest BCUT2D eigenvalue weighted by molar-refractivity contribution is 0.296. The highest BCUT2D eigenvalue weighted by molar-refractivity contribution is 5.15. The second-order valence-electron chi connectivity index (χ2n) is 6.09. The average molecular weight is 290 g/mol. The Balaban J connectivity index is 1.62. The first-order chi connectivity index (χ1) is 10.4. The van der Waals surface area contributed by atoms with Gasteiger partial charge >= 0.3 is 0 Å². The highest BCUT2D eigenvalue weighted by Crippen LogP contribution is 2.16. The van der Waals surface area contributed by atoms with E-state index in [0.717, 1.165) is 18.9 Å². The first-order valence-electron chi connectivity index (χ1n) is 8.71. The minimum absolute atomic E-state index is 0.681. The molecule has 1 saturated carbocycles. The molecule has 21 heavy (non-hydrogen) atoms. The van der Waals surface area contributed by atoms with E-state index in [4.69, 9.17) is 4.74 Å². The van der Waals surface area contributed by atoms with Crippen molar-refractivity contribution in [3.63, 3.8) is 0 Å². The third-order valence-corrected chi connectivity index (χ3v) is 4.29. The Morgan fingerprint density at radius 3 is 2.29 bits per heavy atom. The van der Waals surface area contributed by atoms with E-state index in [9.17, 15) is 0 Å². The molecule has 3 nitrogen and oxygen atoms in total. The fourth-order valence-corrected chi connectivity index (χ4v) is 3.05. The lowest BCUT2D eigenvalue weighted by Gasteiger charge is -2.18. The Hall–Kier alpha value is -1.09. The van der Waals surface area contributed by atoms with Gasteiger partial charge in [0, 0.05) is 18.8 Å². The molecule has 0 unspecified atom stereocenters. The van der Waals surface area contributed by atoms with Gasteiger partial charge in [-0.05, 0) is 25.0 Å². The third-order valence-electron chi connectivity index (χ3n) is 4.29. The Morgan fingerprint density at radius 2 is 1.67 bits per heavy atom. The molecule has 2 rings (SSSR count). The largest absolute Gasteiger partial charge is 0.491 e. The van der Waals surface area contributed by atoms with Gasteiger partial charge in [0.15, 0.2) is 0 Å². The highest BCUT2D eigenvalue weighted by atomic mass is 16.5. The van der Waals surface area contributed by atoms with Gasteiger partial charge in [-0.1, -0.05) is 51.4 Å². The van der Waals surface area contributed by atoms with Crippen LogP contribution in [0.3, 0.4) is 0 Å². The molecule has 0 radical (unpaired) electrons. The lowest BCUT2D eigenvalue weighted by Crippen LogP contribution is -2.32. The summed E-state index contributed by atoms with van der Waals surface area (Å²) in [5, 5.41) is 3.68. The molecule has 1 fully saturated rings. The molecule has 1 aliphatic rings. The van der Waals surface area contributed by atoms with Crippen molar-refractivity contribution in [1.82, 2.24) is 10.3 Å². The molecule has 1 heterocycles. The number of aromatic nitrogens is 1. The van der Waals surface area contributed by atoms with E-state index < -0.39 is 0 Å².